The van der Waals surface area contributed by atoms with Crippen LogP contribution in [0.3, 0.4) is 0 Å². The third-order valence-corrected chi connectivity index (χ3v) is 4.61. The highest BCUT2D eigenvalue weighted by Gasteiger charge is 2.24. The zero-order valence-electron chi connectivity index (χ0n) is 15.4. The second-order valence-corrected chi connectivity index (χ2v) is 6.67. The molecule has 2 aromatic rings. The topological polar surface area (TPSA) is 49.9 Å². The average Bonchev–Trinajstić information content (AvgIpc) is 2.68. The fraction of sp³-hybridized carbons (Fsp3) is 0.333. The van der Waals surface area contributed by atoms with Gasteiger partial charge in [-0.3, -0.25) is 9.59 Å². The maximum absolute atomic E-state index is 12.9. The highest BCUT2D eigenvalue weighted by atomic mass is 19.1. The first-order chi connectivity index (χ1) is 13.0. The normalized spacial score (nSPS) is 14.1. The van der Waals surface area contributed by atoms with Gasteiger partial charge in [-0.1, -0.05) is 24.3 Å². The Balaban J connectivity index is 1.44. The van der Waals surface area contributed by atoms with Crippen LogP contribution in [-0.4, -0.2) is 54.4 Å². The monoisotopic (exact) mass is 370 g/mol. The summed E-state index contributed by atoms with van der Waals surface area (Å²) >= 11 is 0. The lowest BCUT2D eigenvalue weighted by molar-refractivity contribution is -0.140. The molecule has 0 atom stereocenters. The highest BCUT2D eigenvalue weighted by Crippen LogP contribution is 2.13. The van der Waals surface area contributed by atoms with Gasteiger partial charge in [0.05, 0.1) is 6.42 Å². The predicted octanol–water partition coefficient (Wildman–Crippen LogP) is 2.43. The number of carbonyl (C=O) groups excluding carboxylic acids is 2. The van der Waals surface area contributed by atoms with E-state index in [0.29, 0.717) is 31.9 Å². The van der Waals surface area contributed by atoms with Crippen LogP contribution in [0.15, 0.2) is 48.5 Å². The van der Waals surface area contributed by atoms with Gasteiger partial charge in [-0.2, -0.15) is 0 Å². The Kier molecular flexibility index (Phi) is 6.06. The quantitative estimate of drug-likeness (QED) is 0.812. The minimum absolute atomic E-state index is 0.00697. The van der Waals surface area contributed by atoms with Gasteiger partial charge in [-0.25, -0.2) is 4.39 Å². The zero-order valence-corrected chi connectivity index (χ0v) is 15.4. The van der Waals surface area contributed by atoms with E-state index in [-0.39, 0.29) is 30.7 Å². The van der Waals surface area contributed by atoms with Crippen LogP contribution >= 0.6 is 0 Å². The van der Waals surface area contributed by atoms with Gasteiger partial charge in [0.1, 0.15) is 11.6 Å². The molecule has 0 aliphatic carbocycles. The van der Waals surface area contributed by atoms with Crippen molar-refractivity contribution < 1.29 is 18.7 Å². The molecule has 1 aliphatic rings. The van der Waals surface area contributed by atoms with Crippen molar-refractivity contribution in [1.29, 1.82) is 0 Å². The second-order valence-electron chi connectivity index (χ2n) is 6.67. The molecule has 3 rings (SSSR count). The van der Waals surface area contributed by atoms with Gasteiger partial charge in [0.15, 0.2) is 6.61 Å². The lowest BCUT2D eigenvalue weighted by Crippen LogP contribution is -2.52. The van der Waals surface area contributed by atoms with E-state index in [1.807, 2.05) is 31.2 Å². The number of amides is 2. The molecular weight excluding hydrogens is 347 g/mol. The minimum atomic E-state index is -0.314. The summed E-state index contributed by atoms with van der Waals surface area (Å²) in [4.78, 5) is 28.2. The maximum atomic E-state index is 12.9. The number of nitrogens with zero attached hydrogens (tertiary/aromatic N) is 2. The fourth-order valence-corrected chi connectivity index (χ4v) is 3.04. The van der Waals surface area contributed by atoms with E-state index in [1.165, 1.54) is 12.1 Å². The minimum Gasteiger partial charge on any atom is -0.484 e. The van der Waals surface area contributed by atoms with Crippen LogP contribution in [0.1, 0.15) is 11.1 Å². The smallest absolute Gasteiger partial charge is 0.260 e. The lowest BCUT2D eigenvalue weighted by Gasteiger charge is -2.34. The Bertz CT molecular complexity index is 799. The number of carbonyl (C=O) groups is 2. The summed E-state index contributed by atoms with van der Waals surface area (Å²) in [6.45, 7) is 3.94. The van der Waals surface area contributed by atoms with E-state index in [2.05, 4.69) is 0 Å². The van der Waals surface area contributed by atoms with Crippen molar-refractivity contribution in [3.05, 3.63) is 65.5 Å². The lowest BCUT2D eigenvalue weighted by atomic mass is 10.1. The SMILES string of the molecule is Cc1cccc(OCC(=O)N2CCN(C(=O)Cc3ccc(F)cc3)CC2)c1. The molecule has 0 radical (unpaired) electrons. The average molecular weight is 370 g/mol. The summed E-state index contributed by atoms with van der Waals surface area (Å²) in [5.41, 5.74) is 1.86. The molecule has 1 heterocycles. The summed E-state index contributed by atoms with van der Waals surface area (Å²) in [5, 5.41) is 0. The van der Waals surface area contributed by atoms with E-state index in [1.54, 1.807) is 21.9 Å². The van der Waals surface area contributed by atoms with Gasteiger partial charge in [0.2, 0.25) is 5.91 Å². The van der Waals surface area contributed by atoms with E-state index < -0.39 is 0 Å². The van der Waals surface area contributed by atoms with Crippen LogP contribution in [0, 0.1) is 12.7 Å². The largest absolute Gasteiger partial charge is 0.484 e. The Morgan fingerprint density at radius 2 is 1.59 bits per heavy atom. The highest BCUT2D eigenvalue weighted by molar-refractivity contribution is 5.80. The van der Waals surface area contributed by atoms with E-state index in [4.69, 9.17) is 4.74 Å². The summed E-state index contributed by atoms with van der Waals surface area (Å²) in [7, 11) is 0. The number of halogens is 1. The van der Waals surface area contributed by atoms with Crippen LogP contribution < -0.4 is 4.74 Å². The zero-order chi connectivity index (χ0) is 19.2. The van der Waals surface area contributed by atoms with Crippen LogP contribution in [0.4, 0.5) is 4.39 Å². The number of hydrogen-bond acceptors (Lipinski definition) is 3. The maximum Gasteiger partial charge on any atom is 0.260 e. The Labute approximate surface area is 158 Å². The summed E-state index contributed by atoms with van der Waals surface area (Å²) in [5.74, 6) is 0.273. The molecule has 0 saturated carbocycles. The van der Waals surface area contributed by atoms with Crippen molar-refractivity contribution in [2.75, 3.05) is 32.8 Å². The predicted molar refractivity (Wildman–Crippen MR) is 99.9 cm³/mol. The van der Waals surface area contributed by atoms with Crippen LogP contribution in [-0.2, 0) is 16.0 Å². The molecule has 0 bridgehead atoms. The molecule has 27 heavy (non-hydrogen) atoms. The number of aryl methyl sites for hydroxylation is 1. The summed E-state index contributed by atoms with van der Waals surface area (Å²) in [6, 6.07) is 13.5. The molecule has 1 fully saturated rings. The molecule has 2 amide bonds. The van der Waals surface area contributed by atoms with Crippen LogP contribution in [0.5, 0.6) is 5.75 Å². The van der Waals surface area contributed by atoms with Crippen molar-refractivity contribution in [3.63, 3.8) is 0 Å². The molecule has 0 spiro atoms. The molecule has 0 unspecified atom stereocenters. The molecular formula is C21H23FN2O3. The molecule has 5 nitrogen and oxygen atoms in total. The van der Waals surface area contributed by atoms with Gasteiger partial charge in [0, 0.05) is 26.2 Å². The molecule has 0 N–H and O–H groups in total. The van der Waals surface area contributed by atoms with Gasteiger partial charge in [-0.05, 0) is 42.3 Å². The van der Waals surface area contributed by atoms with Gasteiger partial charge in [0.25, 0.3) is 5.91 Å². The first kappa shape index (κ1) is 18.9. The second kappa shape index (κ2) is 8.66. The number of benzene rings is 2. The van der Waals surface area contributed by atoms with Gasteiger partial charge < -0.3 is 14.5 Å². The molecule has 6 heteroatoms. The molecule has 1 aliphatic heterocycles. The van der Waals surface area contributed by atoms with Crippen LogP contribution in [0.25, 0.3) is 0 Å². The Hall–Kier alpha value is -2.89. The van der Waals surface area contributed by atoms with Crippen molar-refractivity contribution in [1.82, 2.24) is 9.80 Å². The number of rotatable bonds is 5. The van der Waals surface area contributed by atoms with E-state index >= 15 is 0 Å². The number of ether oxygens (including phenoxy) is 1. The first-order valence-corrected chi connectivity index (χ1v) is 9.01. The Morgan fingerprint density at radius 1 is 0.963 bits per heavy atom. The summed E-state index contributed by atoms with van der Waals surface area (Å²) < 4.78 is 18.5. The van der Waals surface area contributed by atoms with Crippen molar-refractivity contribution in [2.45, 2.75) is 13.3 Å². The molecule has 0 aromatic heterocycles. The first-order valence-electron chi connectivity index (χ1n) is 9.01. The van der Waals surface area contributed by atoms with Crippen molar-refractivity contribution in [3.8, 4) is 5.75 Å². The number of hydrogen-bond donors (Lipinski definition) is 0. The number of piperazine rings is 1. The molecule has 1 saturated heterocycles. The molecule has 142 valence electrons. The van der Waals surface area contributed by atoms with Crippen molar-refractivity contribution in [2.24, 2.45) is 0 Å². The Morgan fingerprint density at radius 3 is 2.22 bits per heavy atom. The standard InChI is InChI=1S/C21H23FN2O3/c1-16-3-2-4-19(13-16)27-15-21(26)24-11-9-23(10-12-24)20(25)14-17-5-7-18(22)8-6-17/h2-8,13H,9-12,14-15H2,1H3. The fourth-order valence-electron chi connectivity index (χ4n) is 3.04. The van der Waals surface area contributed by atoms with Crippen LogP contribution in [0.2, 0.25) is 0 Å². The third-order valence-electron chi connectivity index (χ3n) is 4.61. The third kappa shape index (κ3) is 5.29. The summed E-state index contributed by atoms with van der Waals surface area (Å²) in [6.07, 6.45) is 0.241. The van der Waals surface area contributed by atoms with Gasteiger partial charge in [-0.15, -0.1) is 0 Å². The van der Waals surface area contributed by atoms with Gasteiger partial charge >= 0.3 is 0 Å². The van der Waals surface area contributed by atoms with Crippen molar-refractivity contribution >= 4 is 11.8 Å². The molecule has 2 aromatic carbocycles. The van der Waals surface area contributed by atoms with E-state index in [9.17, 15) is 14.0 Å². The van der Waals surface area contributed by atoms with E-state index in [0.717, 1.165) is 11.1 Å².